The maximum Gasteiger partial charge on any atom is 0.107 e. The maximum absolute atomic E-state index is 4.63. The maximum atomic E-state index is 4.63. The minimum absolute atomic E-state index is 0.231. The fourth-order valence-corrected chi connectivity index (χ4v) is 4.10. The Kier molecular flexibility index (Phi) is 3.67. The molecule has 2 saturated heterocycles. The molecular formula is C15H25N3S. The van der Waals surface area contributed by atoms with Gasteiger partial charge in [0.05, 0.1) is 6.54 Å². The monoisotopic (exact) mass is 279 g/mol. The molecular weight excluding hydrogens is 254 g/mol. The average Bonchev–Trinajstić information content (AvgIpc) is 2.88. The smallest absolute Gasteiger partial charge is 0.107 e. The second-order valence-corrected chi connectivity index (χ2v) is 8.15. The molecule has 2 unspecified atom stereocenters. The van der Waals surface area contributed by atoms with E-state index < -0.39 is 0 Å². The molecule has 1 aromatic rings. The van der Waals surface area contributed by atoms with E-state index in [0.29, 0.717) is 0 Å². The van der Waals surface area contributed by atoms with Crippen LogP contribution in [0.15, 0.2) is 6.20 Å². The lowest BCUT2D eigenvalue weighted by Crippen LogP contribution is -2.34. The van der Waals surface area contributed by atoms with E-state index in [9.17, 15) is 0 Å². The second-order valence-electron chi connectivity index (χ2n) is 7.03. The van der Waals surface area contributed by atoms with Crippen molar-refractivity contribution in [3.8, 4) is 0 Å². The van der Waals surface area contributed by atoms with Gasteiger partial charge in [0.15, 0.2) is 0 Å². The predicted molar refractivity (Wildman–Crippen MR) is 80.7 cm³/mol. The van der Waals surface area contributed by atoms with Crippen LogP contribution < -0.4 is 5.32 Å². The fraction of sp³-hybridized carbons (Fsp3) is 0.800. The Hall–Kier alpha value is -0.450. The summed E-state index contributed by atoms with van der Waals surface area (Å²) in [6.45, 7) is 10.2. The highest BCUT2D eigenvalue weighted by molar-refractivity contribution is 7.11. The van der Waals surface area contributed by atoms with Gasteiger partial charge in [0.1, 0.15) is 5.01 Å². The summed E-state index contributed by atoms with van der Waals surface area (Å²) in [6.07, 6.45) is 6.10. The van der Waals surface area contributed by atoms with Crippen LogP contribution in [0.1, 0.15) is 49.9 Å². The minimum Gasteiger partial charge on any atom is -0.310 e. The summed E-state index contributed by atoms with van der Waals surface area (Å²) >= 11 is 1.89. The summed E-state index contributed by atoms with van der Waals surface area (Å²) in [6, 6.07) is 1.49. The first-order valence-corrected chi connectivity index (χ1v) is 8.26. The third-order valence-corrected chi connectivity index (χ3v) is 5.67. The quantitative estimate of drug-likeness (QED) is 0.902. The number of aromatic nitrogens is 1. The molecule has 0 amide bonds. The molecule has 3 rings (SSSR count). The number of likely N-dealkylation sites (tertiary alicyclic amines) is 1. The van der Waals surface area contributed by atoms with Crippen molar-refractivity contribution in [3.63, 3.8) is 0 Å². The van der Waals surface area contributed by atoms with Crippen molar-refractivity contribution < 1.29 is 0 Å². The van der Waals surface area contributed by atoms with Crippen LogP contribution >= 0.6 is 11.3 Å². The summed E-state index contributed by atoms with van der Waals surface area (Å²) in [7, 11) is 0. The SMILES string of the molecule is CC(C)(C)c1cnc(CN2CCC3CCC(C2)N3)s1. The van der Waals surface area contributed by atoms with E-state index in [2.05, 4.69) is 42.2 Å². The minimum atomic E-state index is 0.231. The van der Waals surface area contributed by atoms with Gasteiger partial charge < -0.3 is 5.32 Å². The van der Waals surface area contributed by atoms with Crippen LogP contribution in [0.2, 0.25) is 0 Å². The molecule has 1 aromatic heterocycles. The highest BCUT2D eigenvalue weighted by Crippen LogP contribution is 2.29. The van der Waals surface area contributed by atoms with Crippen LogP contribution in [-0.4, -0.2) is 35.1 Å². The number of nitrogens with one attached hydrogen (secondary N) is 1. The Labute approximate surface area is 120 Å². The molecule has 2 bridgehead atoms. The van der Waals surface area contributed by atoms with E-state index in [1.165, 1.54) is 42.2 Å². The molecule has 1 N–H and O–H groups in total. The van der Waals surface area contributed by atoms with E-state index in [4.69, 9.17) is 0 Å². The predicted octanol–water partition coefficient (Wildman–Crippen LogP) is 2.77. The first-order chi connectivity index (χ1) is 9.00. The normalized spacial score (nSPS) is 28.6. The van der Waals surface area contributed by atoms with Crippen LogP contribution in [0, 0.1) is 0 Å². The number of thiazole rings is 1. The van der Waals surface area contributed by atoms with Crippen molar-refractivity contribution in [1.82, 2.24) is 15.2 Å². The molecule has 3 nitrogen and oxygen atoms in total. The van der Waals surface area contributed by atoms with Crippen molar-refractivity contribution in [3.05, 3.63) is 16.1 Å². The molecule has 2 aliphatic heterocycles. The van der Waals surface area contributed by atoms with Gasteiger partial charge in [-0.3, -0.25) is 4.90 Å². The van der Waals surface area contributed by atoms with Gasteiger partial charge in [0.2, 0.25) is 0 Å². The lowest BCUT2D eigenvalue weighted by Gasteiger charge is -2.22. The number of nitrogens with zero attached hydrogens (tertiary/aromatic N) is 2. The van der Waals surface area contributed by atoms with Crippen molar-refractivity contribution in [2.75, 3.05) is 13.1 Å². The lowest BCUT2D eigenvalue weighted by atomic mass is 9.96. The Morgan fingerprint density at radius 3 is 2.84 bits per heavy atom. The van der Waals surface area contributed by atoms with Gasteiger partial charge in [-0.2, -0.15) is 0 Å². The van der Waals surface area contributed by atoms with Gasteiger partial charge in [0, 0.05) is 36.2 Å². The Morgan fingerprint density at radius 2 is 2.11 bits per heavy atom. The average molecular weight is 279 g/mol. The second kappa shape index (κ2) is 5.15. The van der Waals surface area contributed by atoms with E-state index in [1.807, 2.05) is 11.3 Å². The fourth-order valence-electron chi connectivity index (χ4n) is 3.08. The molecule has 0 spiro atoms. The number of rotatable bonds is 2. The summed E-state index contributed by atoms with van der Waals surface area (Å²) in [5, 5.41) is 5.02. The molecule has 0 aromatic carbocycles. The van der Waals surface area contributed by atoms with Crippen molar-refractivity contribution in [1.29, 1.82) is 0 Å². The lowest BCUT2D eigenvalue weighted by molar-refractivity contribution is 0.250. The number of hydrogen-bond donors (Lipinski definition) is 1. The van der Waals surface area contributed by atoms with E-state index >= 15 is 0 Å². The molecule has 2 fully saturated rings. The van der Waals surface area contributed by atoms with Gasteiger partial charge in [-0.15, -0.1) is 11.3 Å². The molecule has 3 heterocycles. The van der Waals surface area contributed by atoms with Gasteiger partial charge in [-0.05, 0) is 24.7 Å². The molecule has 2 aliphatic rings. The summed E-state index contributed by atoms with van der Waals surface area (Å²) in [5.74, 6) is 0. The van der Waals surface area contributed by atoms with Crippen LogP contribution in [0.5, 0.6) is 0 Å². The number of fused-ring (bicyclic) bond motifs is 2. The third kappa shape index (κ3) is 3.18. The van der Waals surface area contributed by atoms with Crippen LogP contribution in [-0.2, 0) is 12.0 Å². The number of hydrogen-bond acceptors (Lipinski definition) is 4. The van der Waals surface area contributed by atoms with Crippen molar-refractivity contribution in [2.45, 2.75) is 64.1 Å². The Morgan fingerprint density at radius 1 is 1.32 bits per heavy atom. The summed E-state index contributed by atoms with van der Waals surface area (Å²) < 4.78 is 0. The van der Waals surface area contributed by atoms with Crippen LogP contribution in [0.25, 0.3) is 0 Å². The molecule has 106 valence electrons. The summed E-state index contributed by atoms with van der Waals surface area (Å²) in [5.41, 5.74) is 0.231. The molecule has 2 atom stereocenters. The highest BCUT2D eigenvalue weighted by Gasteiger charge is 2.29. The highest BCUT2D eigenvalue weighted by atomic mass is 32.1. The van der Waals surface area contributed by atoms with Gasteiger partial charge in [0.25, 0.3) is 0 Å². The van der Waals surface area contributed by atoms with Crippen molar-refractivity contribution in [2.24, 2.45) is 0 Å². The zero-order chi connectivity index (χ0) is 13.5. The van der Waals surface area contributed by atoms with Gasteiger partial charge >= 0.3 is 0 Å². The topological polar surface area (TPSA) is 28.2 Å². The van der Waals surface area contributed by atoms with E-state index in [0.717, 1.165) is 18.6 Å². The Bertz CT molecular complexity index is 435. The van der Waals surface area contributed by atoms with E-state index in [-0.39, 0.29) is 5.41 Å². The first-order valence-electron chi connectivity index (χ1n) is 7.44. The molecule has 0 aliphatic carbocycles. The third-order valence-electron chi connectivity index (χ3n) is 4.26. The van der Waals surface area contributed by atoms with E-state index in [1.54, 1.807) is 0 Å². The van der Waals surface area contributed by atoms with Gasteiger partial charge in [-0.25, -0.2) is 4.98 Å². The summed E-state index contributed by atoms with van der Waals surface area (Å²) in [4.78, 5) is 8.61. The molecule has 4 heteroatoms. The van der Waals surface area contributed by atoms with Crippen LogP contribution in [0.4, 0.5) is 0 Å². The Balaban J connectivity index is 1.63. The molecule has 0 radical (unpaired) electrons. The first kappa shape index (κ1) is 13.5. The zero-order valence-corrected chi connectivity index (χ0v) is 13.1. The molecule has 19 heavy (non-hydrogen) atoms. The van der Waals surface area contributed by atoms with Crippen molar-refractivity contribution >= 4 is 11.3 Å². The van der Waals surface area contributed by atoms with Crippen LogP contribution in [0.3, 0.4) is 0 Å². The zero-order valence-electron chi connectivity index (χ0n) is 12.3. The van der Waals surface area contributed by atoms with Gasteiger partial charge in [-0.1, -0.05) is 20.8 Å². The largest absolute Gasteiger partial charge is 0.310 e. The standard InChI is InChI=1S/C15H25N3S/c1-15(2,3)13-8-16-14(19-13)10-18-7-6-11-4-5-12(9-18)17-11/h8,11-12,17H,4-7,9-10H2,1-3H3. The molecule has 0 saturated carbocycles.